The fourth-order valence-electron chi connectivity index (χ4n) is 11.0. The molecule has 1 saturated heterocycles. The van der Waals surface area contributed by atoms with Gasteiger partial charge in [0.1, 0.15) is 0 Å². The van der Waals surface area contributed by atoms with E-state index in [1.165, 1.54) is 180 Å². The van der Waals surface area contributed by atoms with E-state index in [4.69, 9.17) is 0 Å². The van der Waals surface area contributed by atoms with Gasteiger partial charge >= 0.3 is 0 Å². The Balaban J connectivity index is 2.53. The summed E-state index contributed by atoms with van der Waals surface area (Å²) in [6.45, 7) is 23.0. The predicted molar refractivity (Wildman–Crippen MR) is 323 cm³/mol. The molecule has 1 fully saturated rings. The number of unbranched alkanes of at least 4 members (excludes halogenated alkanes) is 28. The average molecular weight is 1060 g/mol. The normalized spacial score (nSPS) is 17.7. The topological polar surface area (TPSA) is 93.9 Å². The van der Waals surface area contributed by atoms with Crippen LogP contribution in [-0.2, 0) is 0 Å². The number of nitrogens with zero attached hydrogens (tertiary/aromatic N) is 4. The van der Waals surface area contributed by atoms with Crippen molar-refractivity contribution >= 4 is 23.5 Å². The smallest absolute Gasteiger partial charge is 0.0667 e. The zero-order valence-corrected chi connectivity index (χ0v) is 50.8. The molecule has 1 aliphatic rings. The van der Waals surface area contributed by atoms with Gasteiger partial charge in [-0.1, -0.05) is 233 Å². The van der Waals surface area contributed by atoms with Gasteiger partial charge in [0, 0.05) is 101 Å². The van der Waals surface area contributed by atoms with Crippen molar-refractivity contribution in [2.75, 3.05) is 88.5 Å². The molecule has 0 aromatic carbocycles. The van der Waals surface area contributed by atoms with Gasteiger partial charge in [-0.25, -0.2) is 0 Å². The fraction of sp³-hybridized carbons (Fsp3) is 1.00. The van der Waals surface area contributed by atoms with Gasteiger partial charge in [-0.15, -0.1) is 0 Å². The highest BCUT2D eigenvalue weighted by atomic mass is 32.2. The van der Waals surface area contributed by atoms with Crippen LogP contribution in [0.5, 0.6) is 0 Å². The lowest BCUT2D eigenvalue weighted by molar-refractivity contribution is 0.0515. The standard InChI is InChI=1S/C62H128N4O4S2/c1-7-11-15-19-23-27-31-35-39-59(67)53-63(54-60(68)40-36-32-28-24-20-16-12-8-2)43-47-71-49-45-65-51-58(6)66(52-57(65)5)46-50-72-48-44-64(55-61(69)41-37-33-29-25-21-17-13-9-3)56-62(70)42-38-34-30-26-22-18-14-10-4/h57-62,67-70H,7-56H2,1-6H3/t57-,58+,59?,60?,61?,62?. The Morgan fingerprint density at radius 2 is 0.569 bits per heavy atom. The number of hydrogen-bond acceptors (Lipinski definition) is 10. The summed E-state index contributed by atoms with van der Waals surface area (Å²) >= 11 is 4.09. The molecular weight excluding hydrogens is 929 g/mol. The average Bonchev–Trinajstić information content (AvgIpc) is 3.35. The fourth-order valence-corrected chi connectivity index (χ4v) is 12.9. The Morgan fingerprint density at radius 3 is 0.806 bits per heavy atom. The second-order valence-electron chi connectivity index (χ2n) is 23.1. The van der Waals surface area contributed by atoms with E-state index in [9.17, 15) is 20.4 Å². The summed E-state index contributed by atoms with van der Waals surface area (Å²) < 4.78 is 0. The van der Waals surface area contributed by atoms with Gasteiger partial charge in [-0.3, -0.25) is 19.6 Å². The first-order valence-electron chi connectivity index (χ1n) is 31.9. The van der Waals surface area contributed by atoms with Gasteiger partial charge in [0.15, 0.2) is 0 Å². The van der Waals surface area contributed by atoms with Gasteiger partial charge in [0.25, 0.3) is 0 Å². The van der Waals surface area contributed by atoms with E-state index in [1.807, 2.05) is 23.5 Å². The van der Waals surface area contributed by atoms with Crippen LogP contribution in [-0.4, -0.2) is 165 Å². The molecule has 432 valence electrons. The first kappa shape index (κ1) is 70.4. The molecule has 1 heterocycles. The van der Waals surface area contributed by atoms with Gasteiger partial charge < -0.3 is 20.4 Å². The number of piperazine rings is 1. The Hall–Kier alpha value is 0.380. The van der Waals surface area contributed by atoms with Crippen LogP contribution in [0.4, 0.5) is 0 Å². The maximum atomic E-state index is 11.1. The third-order valence-electron chi connectivity index (χ3n) is 15.8. The van der Waals surface area contributed by atoms with E-state index >= 15 is 0 Å². The van der Waals surface area contributed by atoms with Gasteiger partial charge in [-0.2, -0.15) is 23.5 Å². The highest BCUT2D eigenvalue weighted by Crippen LogP contribution is 2.20. The van der Waals surface area contributed by atoms with Gasteiger partial charge in [0.2, 0.25) is 0 Å². The molecule has 0 aromatic rings. The summed E-state index contributed by atoms with van der Waals surface area (Å²) in [4.78, 5) is 10.2. The van der Waals surface area contributed by atoms with Crippen molar-refractivity contribution in [2.24, 2.45) is 0 Å². The minimum Gasteiger partial charge on any atom is -0.392 e. The summed E-state index contributed by atoms with van der Waals surface area (Å²) in [6, 6.07) is 1.09. The Labute approximate surface area is 458 Å². The van der Waals surface area contributed by atoms with Crippen molar-refractivity contribution in [3.05, 3.63) is 0 Å². The molecule has 8 nitrogen and oxygen atoms in total. The third kappa shape index (κ3) is 43.4. The summed E-state index contributed by atoms with van der Waals surface area (Å²) in [7, 11) is 0. The molecule has 10 heteroatoms. The molecule has 0 aliphatic carbocycles. The van der Waals surface area contributed by atoms with Crippen molar-refractivity contribution in [1.29, 1.82) is 0 Å². The van der Waals surface area contributed by atoms with Crippen molar-refractivity contribution in [2.45, 2.75) is 309 Å². The molecular formula is C62H128N4O4S2. The van der Waals surface area contributed by atoms with Crippen molar-refractivity contribution in [3.63, 3.8) is 0 Å². The molecule has 0 bridgehead atoms. The van der Waals surface area contributed by atoms with Crippen LogP contribution in [0.25, 0.3) is 0 Å². The lowest BCUT2D eigenvalue weighted by Gasteiger charge is -2.44. The number of aliphatic hydroxyl groups excluding tert-OH is 4. The van der Waals surface area contributed by atoms with E-state index in [1.54, 1.807) is 0 Å². The molecule has 0 spiro atoms. The quantitative estimate of drug-likeness (QED) is 0.0441. The molecule has 0 saturated carbocycles. The van der Waals surface area contributed by atoms with Gasteiger partial charge in [-0.05, 0) is 39.5 Å². The first-order chi connectivity index (χ1) is 35.1. The van der Waals surface area contributed by atoms with E-state index in [0.717, 1.165) is 114 Å². The second-order valence-corrected chi connectivity index (χ2v) is 25.6. The molecule has 72 heavy (non-hydrogen) atoms. The van der Waals surface area contributed by atoms with E-state index in [-0.39, 0.29) is 24.4 Å². The number of aliphatic hydroxyl groups is 4. The van der Waals surface area contributed by atoms with Crippen LogP contribution in [0.2, 0.25) is 0 Å². The first-order valence-corrected chi connectivity index (χ1v) is 34.2. The minimum atomic E-state index is -0.307. The largest absolute Gasteiger partial charge is 0.392 e. The zero-order valence-electron chi connectivity index (χ0n) is 49.2. The molecule has 0 radical (unpaired) electrons. The Kier molecular flexibility index (Phi) is 50.9. The van der Waals surface area contributed by atoms with Crippen LogP contribution >= 0.6 is 23.5 Å². The van der Waals surface area contributed by atoms with Crippen molar-refractivity contribution in [3.8, 4) is 0 Å². The maximum absolute atomic E-state index is 11.1. The second kappa shape index (κ2) is 52.1. The van der Waals surface area contributed by atoms with E-state index < -0.39 is 0 Å². The van der Waals surface area contributed by atoms with Crippen molar-refractivity contribution < 1.29 is 20.4 Å². The lowest BCUT2D eigenvalue weighted by atomic mass is 10.0. The monoisotopic (exact) mass is 1060 g/mol. The van der Waals surface area contributed by atoms with E-state index in [2.05, 4.69) is 61.1 Å². The highest BCUT2D eigenvalue weighted by Gasteiger charge is 2.28. The molecule has 4 N–H and O–H groups in total. The van der Waals surface area contributed by atoms with E-state index in [0.29, 0.717) is 38.3 Å². The summed E-state index contributed by atoms with van der Waals surface area (Å²) in [5.74, 6) is 4.34. The summed E-state index contributed by atoms with van der Waals surface area (Å²) in [5, 5.41) is 44.4. The van der Waals surface area contributed by atoms with Crippen LogP contribution in [0.1, 0.15) is 273 Å². The Bertz CT molecular complexity index is 962. The third-order valence-corrected chi connectivity index (χ3v) is 17.7. The molecule has 0 aromatic heterocycles. The van der Waals surface area contributed by atoms with Crippen LogP contribution < -0.4 is 0 Å². The maximum Gasteiger partial charge on any atom is 0.0667 e. The van der Waals surface area contributed by atoms with Crippen LogP contribution in [0.3, 0.4) is 0 Å². The summed E-state index contributed by atoms with van der Waals surface area (Å²) in [6.07, 6.45) is 43.6. The summed E-state index contributed by atoms with van der Waals surface area (Å²) in [5.41, 5.74) is 0. The number of hydrogen-bond donors (Lipinski definition) is 4. The molecule has 0 amide bonds. The highest BCUT2D eigenvalue weighted by molar-refractivity contribution is 7.99. The minimum absolute atomic E-state index is 0.307. The van der Waals surface area contributed by atoms with Gasteiger partial charge in [0.05, 0.1) is 24.4 Å². The Morgan fingerprint density at radius 1 is 0.347 bits per heavy atom. The SMILES string of the molecule is CCCCCCCCCCC(O)CN(CCSCCN1C[C@H](C)N(CCSCCN(CC(O)CCCCCCCCCC)CC(O)CCCCCCCCCC)C[C@H]1C)CC(O)CCCCCCCCCC. The van der Waals surface area contributed by atoms with Crippen LogP contribution in [0, 0.1) is 0 Å². The zero-order chi connectivity index (χ0) is 52.5. The van der Waals surface area contributed by atoms with Crippen molar-refractivity contribution in [1.82, 2.24) is 19.6 Å². The number of thioether (sulfide) groups is 2. The predicted octanol–water partition coefficient (Wildman–Crippen LogP) is 15.0. The molecule has 1 rings (SSSR count). The molecule has 4 unspecified atom stereocenters. The van der Waals surface area contributed by atoms with Crippen LogP contribution in [0.15, 0.2) is 0 Å². The molecule has 1 aliphatic heterocycles. The number of rotatable bonds is 56. The lowest BCUT2D eigenvalue weighted by Crippen LogP contribution is -2.57. The molecule has 6 atom stereocenters.